The highest BCUT2D eigenvalue weighted by molar-refractivity contribution is 7.75. The molecule has 0 spiro atoms. The summed E-state index contributed by atoms with van der Waals surface area (Å²) in [4.78, 5) is 10.5. The lowest BCUT2D eigenvalue weighted by molar-refractivity contribution is -0.119. The number of hydrogen-bond donors (Lipinski definition) is 2. The van der Waals surface area contributed by atoms with Gasteiger partial charge in [0.25, 0.3) is 0 Å². The highest BCUT2D eigenvalue weighted by Gasteiger charge is 2.20. The van der Waals surface area contributed by atoms with E-state index in [2.05, 4.69) is 22.4 Å². The number of nitrogens with one attached hydrogen (secondary N) is 1. The molecule has 9 heavy (non-hydrogen) atoms. The quantitative estimate of drug-likeness (QED) is 0.425. The highest BCUT2D eigenvalue weighted by atomic mass is 32.1. The summed E-state index contributed by atoms with van der Waals surface area (Å²) >= 11 is 3.59. The van der Waals surface area contributed by atoms with Crippen molar-refractivity contribution in [2.24, 2.45) is 5.92 Å². The molecule has 1 N–H and O–H groups in total. The maximum absolute atomic E-state index is 10.5. The van der Waals surface area contributed by atoms with Crippen molar-refractivity contribution < 1.29 is 8.98 Å². The van der Waals surface area contributed by atoms with Crippen LogP contribution in [0.3, 0.4) is 0 Å². The van der Waals surface area contributed by atoms with Crippen molar-refractivity contribution in [1.29, 1.82) is 0 Å². The van der Waals surface area contributed by atoms with E-state index in [-0.39, 0.29) is 5.91 Å². The predicted molar refractivity (Wildman–Crippen MR) is 36.1 cm³/mol. The largest absolute Gasteiger partial charge is 0.356 e. The number of thiol groups is 1. The maximum atomic E-state index is 10.5. The average Bonchev–Trinajstić information content (AvgIpc) is 2.17. The second kappa shape index (κ2) is 3.08. The van der Waals surface area contributed by atoms with Crippen molar-refractivity contribution in [3.63, 3.8) is 0 Å². The molecule has 0 aromatic heterocycles. The van der Waals surface area contributed by atoms with Crippen LogP contribution in [0.1, 0.15) is 6.42 Å². The summed E-state index contributed by atoms with van der Waals surface area (Å²) in [6.45, 7) is 1.29. The fraction of sp³-hybridized carbons (Fsp3) is 0.800. The van der Waals surface area contributed by atoms with Gasteiger partial charge in [-0.25, -0.2) is 0 Å². The summed E-state index contributed by atoms with van der Waals surface area (Å²) in [5, 5.41) is 2.70. The minimum atomic E-state index is 0.116. The molecule has 0 aliphatic carbocycles. The molecule has 1 aliphatic heterocycles. The normalized spacial score (nSPS) is 26.3. The van der Waals surface area contributed by atoms with Crippen LogP contribution in [0.4, 0.5) is 0 Å². The van der Waals surface area contributed by atoms with E-state index in [1.54, 1.807) is 0 Å². The zero-order valence-electron chi connectivity index (χ0n) is 4.96. The topological polar surface area (TPSA) is 38.3 Å². The van der Waals surface area contributed by atoms with E-state index in [0.29, 0.717) is 18.9 Å². The van der Waals surface area contributed by atoms with E-state index < -0.39 is 0 Å². The molecule has 0 radical (unpaired) electrons. The van der Waals surface area contributed by atoms with E-state index >= 15 is 0 Å². The third kappa shape index (κ3) is 1.87. The van der Waals surface area contributed by atoms with Gasteiger partial charge in [-0.2, -0.15) is 0 Å². The Morgan fingerprint density at radius 1 is 1.89 bits per heavy atom. The van der Waals surface area contributed by atoms with Crippen molar-refractivity contribution >= 4 is 18.8 Å². The molecule has 0 bridgehead atoms. The van der Waals surface area contributed by atoms with Gasteiger partial charge in [0.05, 0.1) is 6.61 Å². The first kappa shape index (κ1) is 6.89. The van der Waals surface area contributed by atoms with Crippen LogP contribution in [0.2, 0.25) is 0 Å². The third-order valence-corrected chi connectivity index (χ3v) is 1.52. The molecule has 4 heteroatoms. The standard InChI is InChI=1S/C5H9NO2S/c7-5-1-4(2-6-5)3-8-9/h4,9H,1-3H2,(H,6,7)/t4-/m0/s1. The number of hydrogen-bond acceptors (Lipinski definition) is 3. The summed E-state index contributed by atoms with van der Waals surface area (Å²) in [5.74, 6) is 0.445. The van der Waals surface area contributed by atoms with Gasteiger partial charge < -0.3 is 9.50 Å². The third-order valence-electron chi connectivity index (χ3n) is 1.37. The first-order valence-electron chi connectivity index (χ1n) is 2.86. The fourth-order valence-corrected chi connectivity index (χ4v) is 1.10. The zero-order chi connectivity index (χ0) is 6.69. The smallest absolute Gasteiger partial charge is 0.220 e. The summed E-state index contributed by atoms with van der Waals surface area (Å²) in [6, 6.07) is 0. The van der Waals surface area contributed by atoms with E-state index in [1.165, 1.54) is 0 Å². The van der Waals surface area contributed by atoms with E-state index in [9.17, 15) is 4.79 Å². The predicted octanol–water partition coefficient (Wildman–Crippen LogP) is -0.0161. The van der Waals surface area contributed by atoms with Crippen LogP contribution < -0.4 is 5.32 Å². The summed E-state index contributed by atoms with van der Waals surface area (Å²) < 4.78 is 4.58. The van der Waals surface area contributed by atoms with E-state index in [0.717, 1.165) is 6.54 Å². The Balaban J connectivity index is 2.22. The van der Waals surface area contributed by atoms with Crippen LogP contribution in [0.25, 0.3) is 0 Å². The number of amides is 1. The van der Waals surface area contributed by atoms with Crippen molar-refractivity contribution in [1.82, 2.24) is 5.32 Å². The molecule has 1 amide bonds. The summed E-state index contributed by atoms with van der Waals surface area (Å²) in [7, 11) is 0. The van der Waals surface area contributed by atoms with Crippen LogP contribution in [0.5, 0.6) is 0 Å². The van der Waals surface area contributed by atoms with Crippen molar-refractivity contribution in [3.8, 4) is 0 Å². The van der Waals surface area contributed by atoms with Crippen LogP contribution in [-0.2, 0) is 8.98 Å². The Kier molecular flexibility index (Phi) is 2.36. The van der Waals surface area contributed by atoms with Gasteiger partial charge in [-0.3, -0.25) is 4.79 Å². The molecule has 0 aromatic rings. The minimum absolute atomic E-state index is 0.116. The van der Waals surface area contributed by atoms with E-state index in [4.69, 9.17) is 0 Å². The number of carbonyl (C=O) groups excluding carboxylic acids is 1. The molecule has 1 aliphatic rings. The second-order valence-electron chi connectivity index (χ2n) is 2.17. The molecule has 1 rings (SSSR count). The van der Waals surface area contributed by atoms with Gasteiger partial charge in [-0.1, -0.05) is 0 Å². The van der Waals surface area contributed by atoms with Crippen molar-refractivity contribution in [2.75, 3.05) is 13.2 Å². The number of carbonyl (C=O) groups is 1. The molecule has 0 aromatic carbocycles. The Morgan fingerprint density at radius 3 is 3.11 bits per heavy atom. The lowest BCUT2D eigenvalue weighted by Crippen LogP contribution is -2.14. The molecule has 1 heterocycles. The Bertz CT molecular complexity index is 118. The van der Waals surface area contributed by atoms with Gasteiger partial charge in [0.15, 0.2) is 0 Å². The molecule has 0 unspecified atom stereocenters. The van der Waals surface area contributed by atoms with Gasteiger partial charge >= 0.3 is 0 Å². The first-order chi connectivity index (χ1) is 4.33. The van der Waals surface area contributed by atoms with Crippen LogP contribution in [0.15, 0.2) is 0 Å². The van der Waals surface area contributed by atoms with Gasteiger partial charge in [0.1, 0.15) is 0 Å². The maximum Gasteiger partial charge on any atom is 0.220 e. The van der Waals surface area contributed by atoms with Crippen LogP contribution in [-0.4, -0.2) is 19.1 Å². The van der Waals surface area contributed by atoms with E-state index in [1.807, 2.05) is 0 Å². The lowest BCUT2D eigenvalue weighted by Gasteiger charge is -2.00. The fourth-order valence-electron chi connectivity index (χ4n) is 0.888. The molecular formula is C5H9NO2S. The molecule has 1 fully saturated rings. The highest BCUT2D eigenvalue weighted by Crippen LogP contribution is 2.08. The minimum Gasteiger partial charge on any atom is -0.356 e. The SMILES string of the molecule is O=C1C[C@H](COS)CN1. The van der Waals surface area contributed by atoms with Crippen molar-refractivity contribution in [2.45, 2.75) is 6.42 Å². The lowest BCUT2D eigenvalue weighted by atomic mass is 10.1. The van der Waals surface area contributed by atoms with Gasteiger partial charge in [-0.15, -0.1) is 0 Å². The van der Waals surface area contributed by atoms with Gasteiger partial charge in [0.2, 0.25) is 5.91 Å². The van der Waals surface area contributed by atoms with Gasteiger partial charge in [-0.05, 0) is 12.9 Å². The second-order valence-corrected chi connectivity index (χ2v) is 2.43. The first-order valence-corrected chi connectivity index (χ1v) is 3.22. The van der Waals surface area contributed by atoms with Crippen molar-refractivity contribution in [3.05, 3.63) is 0 Å². The molecule has 52 valence electrons. The Morgan fingerprint density at radius 2 is 2.67 bits per heavy atom. The molecule has 3 nitrogen and oxygen atoms in total. The molecule has 0 saturated carbocycles. The number of rotatable bonds is 2. The monoisotopic (exact) mass is 147 g/mol. The van der Waals surface area contributed by atoms with Crippen LogP contribution >= 0.6 is 12.9 Å². The average molecular weight is 147 g/mol. The Labute approximate surface area is 59.4 Å². The molecule has 1 saturated heterocycles. The summed E-state index contributed by atoms with van der Waals surface area (Å²) in [6.07, 6.45) is 0.584. The zero-order valence-corrected chi connectivity index (χ0v) is 5.86. The summed E-state index contributed by atoms with van der Waals surface area (Å²) in [5.41, 5.74) is 0. The molecular weight excluding hydrogens is 138 g/mol. The van der Waals surface area contributed by atoms with Gasteiger partial charge in [0, 0.05) is 18.9 Å². The molecule has 1 atom stereocenters. The Hall–Kier alpha value is -0.220. The van der Waals surface area contributed by atoms with Crippen LogP contribution in [0, 0.1) is 5.92 Å².